The Bertz CT molecular complexity index is 601. The molecule has 1 amide bonds. The topological polar surface area (TPSA) is 25.2 Å². The summed E-state index contributed by atoms with van der Waals surface area (Å²) in [4.78, 5) is 11.8. The molecule has 1 aromatic heterocycles. The second-order valence-corrected chi connectivity index (χ2v) is 4.00. The van der Waals surface area contributed by atoms with Gasteiger partial charge in [-0.25, -0.2) is 0 Å². The molecule has 2 aromatic rings. The highest BCUT2D eigenvalue weighted by Gasteiger charge is 2.42. The summed E-state index contributed by atoms with van der Waals surface area (Å²) in [7, 11) is 2.84. The molecule has 0 aliphatic carbocycles. The first kappa shape index (κ1) is 12.5. The highest BCUT2D eigenvalue weighted by Crippen LogP contribution is 2.30. The molecule has 0 spiro atoms. The van der Waals surface area contributed by atoms with Crippen molar-refractivity contribution in [3.8, 4) is 0 Å². The lowest BCUT2D eigenvalue weighted by Crippen LogP contribution is -2.38. The van der Waals surface area contributed by atoms with Crippen LogP contribution in [0.1, 0.15) is 0 Å². The van der Waals surface area contributed by atoms with Gasteiger partial charge in [0.15, 0.2) is 0 Å². The largest absolute Gasteiger partial charge is 0.471 e. The number of benzene rings is 1. The second kappa shape index (κ2) is 4.04. The lowest BCUT2D eigenvalue weighted by Gasteiger charge is -2.17. The first-order chi connectivity index (χ1) is 8.32. The number of amides is 1. The van der Waals surface area contributed by atoms with Crippen molar-refractivity contribution in [1.29, 1.82) is 0 Å². The third-order valence-electron chi connectivity index (χ3n) is 2.78. The Morgan fingerprint density at radius 2 is 1.89 bits per heavy atom. The Hall–Kier alpha value is -1.98. The zero-order valence-electron chi connectivity index (χ0n) is 9.82. The lowest BCUT2D eigenvalue weighted by molar-refractivity contribution is -0.170. The van der Waals surface area contributed by atoms with Crippen LogP contribution < -0.4 is 4.90 Å². The third kappa shape index (κ3) is 1.94. The van der Waals surface area contributed by atoms with E-state index in [1.807, 2.05) is 0 Å². The molecule has 0 atom stereocenters. The number of aromatic nitrogens is 1. The molecule has 18 heavy (non-hydrogen) atoms. The number of rotatable bonds is 1. The van der Waals surface area contributed by atoms with E-state index >= 15 is 0 Å². The van der Waals surface area contributed by atoms with Gasteiger partial charge in [-0.3, -0.25) is 4.79 Å². The fourth-order valence-electron chi connectivity index (χ4n) is 1.89. The van der Waals surface area contributed by atoms with E-state index in [0.29, 0.717) is 10.3 Å². The monoisotopic (exact) mass is 256 g/mol. The number of carbonyl (C=O) groups excluding carboxylic acids is 1. The minimum atomic E-state index is -4.87. The first-order valence-corrected chi connectivity index (χ1v) is 5.21. The van der Waals surface area contributed by atoms with Crippen LogP contribution in [0.2, 0.25) is 0 Å². The molecule has 0 fully saturated rings. The normalized spacial score (nSPS) is 11.8. The van der Waals surface area contributed by atoms with Crippen molar-refractivity contribution < 1.29 is 18.0 Å². The summed E-state index contributed by atoms with van der Waals surface area (Å²) in [5.41, 5.74) is 1.02. The smallest absolute Gasteiger partial charge is 0.348 e. The summed E-state index contributed by atoms with van der Waals surface area (Å²) < 4.78 is 38.9. The van der Waals surface area contributed by atoms with Gasteiger partial charge in [0.05, 0.1) is 5.69 Å². The van der Waals surface area contributed by atoms with Crippen LogP contribution in [0.4, 0.5) is 18.9 Å². The average molecular weight is 256 g/mol. The van der Waals surface area contributed by atoms with Gasteiger partial charge in [-0.15, -0.1) is 0 Å². The van der Waals surface area contributed by atoms with Crippen molar-refractivity contribution in [3.63, 3.8) is 0 Å². The molecule has 6 heteroatoms. The molecular weight excluding hydrogens is 245 g/mol. The fraction of sp³-hybridized carbons (Fsp3) is 0.250. The summed E-state index contributed by atoms with van der Waals surface area (Å²) in [5.74, 6) is -1.88. The Balaban J connectivity index is 2.52. The van der Waals surface area contributed by atoms with Gasteiger partial charge >= 0.3 is 12.1 Å². The Labute approximate surface area is 101 Å². The van der Waals surface area contributed by atoms with Gasteiger partial charge in [-0.05, 0) is 6.07 Å². The third-order valence-corrected chi connectivity index (χ3v) is 2.78. The molecule has 0 radical (unpaired) electrons. The number of para-hydroxylation sites is 1. The van der Waals surface area contributed by atoms with Gasteiger partial charge in [0, 0.05) is 31.2 Å². The summed E-state index contributed by atoms with van der Waals surface area (Å²) in [6, 6.07) is 6.98. The van der Waals surface area contributed by atoms with Gasteiger partial charge in [-0.2, -0.15) is 13.2 Å². The van der Waals surface area contributed by atoms with E-state index in [-0.39, 0.29) is 5.69 Å². The molecule has 96 valence electrons. The summed E-state index contributed by atoms with van der Waals surface area (Å²) in [5, 5.41) is 0.611. The number of aryl methyl sites for hydroxylation is 1. The maximum atomic E-state index is 12.4. The Morgan fingerprint density at radius 1 is 1.28 bits per heavy atom. The summed E-state index contributed by atoms with van der Waals surface area (Å²) in [6.07, 6.45) is -3.36. The van der Waals surface area contributed by atoms with Crippen molar-refractivity contribution in [3.05, 3.63) is 30.5 Å². The average Bonchev–Trinajstić information content (AvgIpc) is 2.65. The Kier molecular flexibility index (Phi) is 2.80. The minimum Gasteiger partial charge on any atom is -0.348 e. The van der Waals surface area contributed by atoms with E-state index in [1.165, 1.54) is 6.20 Å². The van der Waals surface area contributed by atoms with E-state index in [0.717, 1.165) is 12.6 Å². The molecule has 0 aliphatic heterocycles. The highest BCUT2D eigenvalue weighted by atomic mass is 19.4. The quantitative estimate of drug-likeness (QED) is 0.770. The van der Waals surface area contributed by atoms with Crippen LogP contribution in [-0.2, 0) is 11.8 Å². The molecule has 0 N–H and O–H groups in total. The van der Waals surface area contributed by atoms with Crippen LogP contribution in [-0.4, -0.2) is 23.7 Å². The number of halogens is 3. The Morgan fingerprint density at radius 3 is 2.50 bits per heavy atom. The zero-order valence-corrected chi connectivity index (χ0v) is 9.82. The van der Waals surface area contributed by atoms with Crippen LogP contribution in [0.25, 0.3) is 10.9 Å². The zero-order chi connectivity index (χ0) is 13.5. The molecule has 0 saturated heterocycles. The molecule has 2 rings (SSSR count). The number of fused-ring (bicyclic) bond motifs is 1. The molecule has 0 unspecified atom stereocenters. The molecular formula is C12H11F3N2O. The molecule has 0 bridgehead atoms. The van der Waals surface area contributed by atoms with E-state index < -0.39 is 12.1 Å². The number of hydrogen-bond donors (Lipinski definition) is 0. The number of nitrogens with zero attached hydrogens (tertiary/aromatic N) is 2. The standard InChI is InChI=1S/C12H11F3N2O/c1-16-7-10(8-5-3-4-6-9(8)16)17(2)11(18)12(13,14)15/h3-7H,1-2H3. The van der Waals surface area contributed by atoms with Crippen LogP contribution in [0.15, 0.2) is 30.5 Å². The molecule has 1 aromatic carbocycles. The van der Waals surface area contributed by atoms with E-state index in [1.54, 1.807) is 35.9 Å². The second-order valence-electron chi connectivity index (χ2n) is 4.00. The number of hydrogen-bond acceptors (Lipinski definition) is 1. The highest BCUT2D eigenvalue weighted by molar-refractivity contribution is 6.05. The maximum absolute atomic E-state index is 12.4. The minimum absolute atomic E-state index is 0.246. The van der Waals surface area contributed by atoms with Crippen molar-refractivity contribution in [2.24, 2.45) is 7.05 Å². The number of alkyl halides is 3. The van der Waals surface area contributed by atoms with E-state index in [4.69, 9.17) is 0 Å². The van der Waals surface area contributed by atoms with Gasteiger partial charge in [0.25, 0.3) is 0 Å². The molecule has 0 aliphatic rings. The van der Waals surface area contributed by atoms with Crippen LogP contribution >= 0.6 is 0 Å². The predicted molar refractivity (Wildman–Crippen MR) is 62.4 cm³/mol. The number of anilines is 1. The van der Waals surface area contributed by atoms with E-state index in [2.05, 4.69) is 0 Å². The van der Waals surface area contributed by atoms with Gasteiger partial charge in [0.1, 0.15) is 0 Å². The van der Waals surface area contributed by atoms with Gasteiger partial charge in [-0.1, -0.05) is 18.2 Å². The van der Waals surface area contributed by atoms with Crippen molar-refractivity contribution in [2.75, 3.05) is 11.9 Å². The molecule has 1 heterocycles. The van der Waals surface area contributed by atoms with Gasteiger partial charge in [0.2, 0.25) is 0 Å². The van der Waals surface area contributed by atoms with Crippen molar-refractivity contribution >= 4 is 22.5 Å². The van der Waals surface area contributed by atoms with Crippen LogP contribution in [0.3, 0.4) is 0 Å². The molecule has 0 saturated carbocycles. The van der Waals surface area contributed by atoms with Crippen LogP contribution in [0.5, 0.6) is 0 Å². The summed E-state index contributed by atoms with van der Waals surface area (Å²) in [6.45, 7) is 0. The number of carbonyl (C=O) groups is 1. The van der Waals surface area contributed by atoms with Crippen LogP contribution in [0, 0.1) is 0 Å². The van der Waals surface area contributed by atoms with Gasteiger partial charge < -0.3 is 9.47 Å². The SMILES string of the molecule is CN(C(=O)C(F)(F)F)c1cn(C)c2ccccc12. The van der Waals surface area contributed by atoms with Crippen molar-refractivity contribution in [1.82, 2.24) is 4.57 Å². The molecule has 3 nitrogen and oxygen atoms in total. The fourth-order valence-corrected chi connectivity index (χ4v) is 1.89. The first-order valence-electron chi connectivity index (χ1n) is 5.21. The summed E-state index contributed by atoms with van der Waals surface area (Å²) >= 11 is 0. The lowest BCUT2D eigenvalue weighted by atomic mass is 10.2. The predicted octanol–water partition coefficient (Wildman–Crippen LogP) is 2.70. The maximum Gasteiger partial charge on any atom is 0.471 e. The van der Waals surface area contributed by atoms with Crippen molar-refractivity contribution in [2.45, 2.75) is 6.18 Å². The van der Waals surface area contributed by atoms with E-state index in [9.17, 15) is 18.0 Å².